The van der Waals surface area contributed by atoms with Gasteiger partial charge in [0.05, 0.1) is 0 Å². The van der Waals surface area contributed by atoms with E-state index in [0.29, 0.717) is 11.3 Å². The van der Waals surface area contributed by atoms with E-state index in [2.05, 4.69) is 26.8 Å². The van der Waals surface area contributed by atoms with Crippen molar-refractivity contribution in [2.45, 2.75) is 57.5 Å². The first-order chi connectivity index (χ1) is 15.7. The van der Waals surface area contributed by atoms with Gasteiger partial charge in [-0.1, -0.05) is 48.9 Å². The number of anilines is 1. The number of hydrogen-bond donors (Lipinski definition) is 1. The van der Waals surface area contributed by atoms with Crippen molar-refractivity contribution in [3.63, 3.8) is 0 Å². The van der Waals surface area contributed by atoms with Gasteiger partial charge in [0.15, 0.2) is 5.69 Å². The quantitative estimate of drug-likeness (QED) is 0.580. The smallest absolute Gasteiger partial charge is 0.280 e. The van der Waals surface area contributed by atoms with Crippen molar-refractivity contribution >= 4 is 29.0 Å². The van der Waals surface area contributed by atoms with Gasteiger partial charge < -0.3 is 5.32 Å². The summed E-state index contributed by atoms with van der Waals surface area (Å²) in [4.78, 5) is 33.1. The summed E-state index contributed by atoms with van der Waals surface area (Å²) in [6, 6.07) is 10.6. The molecule has 2 aromatic heterocycles. The molecule has 0 spiro atoms. The second-order valence-electron chi connectivity index (χ2n) is 8.02. The molecule has 1 aromatic carbocycles. The summed E-state index contributed by atoms with van der Waals surface area (Å²) < 4.78 is 3.85. The zero-order valence-corrected chi connectivity index (χ0v) is 18.9. The Hall–Kier alpha value is -3.13. The minimum Gasteiger partial charge on any atom is -0.351 e. The minimum absolute atomic E-state index is 0.121. The van der Waals surface area contributed by atoms with E-state index >= 15 is 0 Å². The van der Waals surface area contributed by atoms with Crippen LogP contribution in [0.5, 0.6) is 0 Å². The van der Waals surface area contributed by atoms with Crippen molar-refractivity contribution < 1.29 is 9.59 Å². The van der Waals surface area contributed by atoms with Crippen LogP contribution in [0.15, 0.2) is 54.2 Å². The zero-order chi connectivity index (χ0) is 22.3. The molecule has 3 aromatic rings. The third-order valence-electron chi connectivity index (χ3n) is 5.85. The van der Waals surface area contributed by atoms with E-state index in [1.165, 1.54) is 11.3 Å². The fourth-order valence-electron chi connectivity index (χ4n) is 4.17. The highest BCUT2D eigenvalue weighted by atomic mass is 32.1. The van der Waals surface area contributed by atoms with Gasteiger partial charge in [-0.2, -0.15) is 0 Å². The van der Waals surface area contributed by atoms with Gasteiger partial charge in [0.1, 0.15) is 6.04 Å². The molecular weight excluding hydrogens is 422 g/mol. The van der Waals surface area contributed by atoms with Crippen LogP contribution >= 0.6 is 11.5 Å². The number of nitrogens with one attached hydrogen (secondary N) is 1. The Bertz CT molecular complexity index is 1040. The molecule has 2 amide bonds. The maximum Gasteiger partial charge on any atom is 0.280 e. The molecular formula is C24H27N5O2S. The predicted molar refractivity (Wildman–Crippen MR) is 125 cm³/mol. The van der Waals surface area contributed by atoms with Gasteiger partial charge in [0.2, 0.25) is 5.91 Å². The summed E-state index contributed by atoms with van der Waals surface area (Å²) in [6.45, 7) is 2.06. The monoisotopic (exact) mass is 449 g/mol. The van der Waals surface area contributed by atoms with E-state index < -0.39 is 6.04 Å². The van der Waals surface area contributed by atoms with Crippen LogP contribution in [0, 0.1) is 0 Å². The Kier molecular flexibility index (Phi) is 7.21. The number of nitrogens with zero attached hydrogens (tertiary/aromatic N) is 4. The summed E-state index contributed by atoms with van der Waals surface area (Å²) in [7, 11) is 0. The van der Waals surface area contributed by atoms with Crippen LogP contribution in [0.3, 0.4) is 0 Å². The van der Waals surface area contributed by atoms with Crippen molar-refractivity contribution in [3.8, 4) is 0 Å². The van der Waals surface area contributed by atoms with E-state index in [0.717, 1.165) is 49.2 Å². The molecule has 0 unspecified atom stereocenters. The Balaban J connectivity index is 1.78. The summed E-state index contributed by atoms with van der Waals surface area (Å²) in [6.07, 6.45) is 9.45. The van der Waals surface area contributed by atoms with Gasteiger partial charge >= 0.3 is 0 Å². The molecule has 32 heavy (non-hydrogen) atoms. The Morgan fingerprint density at radius 3 is 2.72 bits per heavy atom. The van der Waals surface area contributed by atoms with Crippen LogP contribution in [0.25, 0.3) is 0 Å². The molecule has 0 saturated heterocycles. The van der Waals surface area contributed by atoms with Crippen LogP contribution in [-0.2, 0) is 11.2 Å². The lowest BCUT2D eigenvalue weighted by Gasteiger charge is -2.33. The Morgan fingerprint density at radius 2 is 2.03 bits per heavy atom. The highest BCUT2D eigenvalue weighted by Gasteiger charge is 2.35. The number of aromatic nitrogens is 3. The van der Waals surface area contributed by atoms with Gasteiger partial charge in [-0.25, -0.2) is 0 Å². The third-order valence-corrected chi connectivity index (χ3v) is 6.36. The molecule has 0 bridgehead atoms. The fourth-order valence-corrected chi connectivity index (χ4v) is 4.60. The molecule has 8 heteroatoms. The van der Waals surface area contributed by atoms with Crippen molar-refractivity contribution in [2.24, 2.45) is 0 Å². The van der Waals surface area contributed by atoms with Gasteiger partial charge in [0.25, 0.3) is 5.91 Å². The number of pyridine rings is 1. The molecule has 0 radical (unpaired) electrons. The molecule has 166 valence electrons. The van der Waals surface area contributed by atoms with E-state index in [9.17, 15) is 9.59 Å². The molecule has 7 nitrogen and oxygen atoms in total. The zero-order valence-electron chi connectivity index (χ0n) is 18.1. The number of aryl methyl sites for hydroxylation is 1. The summed E-state index contributed by atoms with van der Waals surface area (Å²) in [5.41, 5.74) is 2.60. The lowest BCUT2D eigenvalue weighted by molar-refractivity contribution is -0.123. The first-order valence-electron chi connectivity index (χ1n) is 11.1. The SMILES string of the molecule is CCc1cccc(N(C(=O)c2csnn2)[C@H](C(=O)NC2CCCCC2)c2cccnc2)c1. The van der Waals surface area contributed by atoms with Crippen LogP contribution in [0.2, 0.25) is 0 Å². The van der Waals surface area contributed by atoms with E-state index in [4.69, 9.17) is 0 Å². The summed E-state index contributed by atoms with van der Waals surface area (Å²) >= 11 is 1.11. The maximum absolute atomic E-state index is 13.7. The van der Waals surface area contributed by atoms with Crippen molar-refractivity contribution in [1.82, 2.24) is 19.9 Å². The Labute approximate surface area is 192 Å². The third kappa shape index (κ3) is 5.02. The van der Waals surface area contributed by atoms with Crippen LogP contribution in [0.4, 0.5) is 5.69 Å². The fraction of sp³-hybridized carbons (Fsp3) is 0.375. The van der Waals surface area contributed by atoms with E-state index in [1.54, 1.807) is 23.8 Å². The molecule has 1 N–H and O–H groups in total. The second-order valence-corrected chi connectivity index (χ2v) is 8.63. The molecule has 1 aliphatic carbocycles. The number of hydrogen-bond acceptors (Lipinski definition) is 6. The summed E-state index contributed by atoms with van der Waals surface area (Å²) in [5.74, 6) is -0.567. The largest absolute Gasteiger partial charge is 0.351 e. The predicted octanol–water partition coefficient (Wildman–Crippen LogP) is 4.33. The number of amides is 2. The van der Waals surface area contributed by atoms with E-state index in [-0.39, 0.29) is 23.6 Å². The van der Waals surface area contributed by atoms with Crippen LogP contribution < -0.4 is 10.2 Å². The molecule has 1 saturated carbocycles. The normalized spacial score (nSPS) is 15.2. The molecule has 1 aliphatic rings. The van der Waals surface area contributed by atoms with Gasteiger partial charge in [-0.3, -0.25) is 19.5 Å². The molecule has 1 fully saturated rings. The van der Waals surface area contributed by atoms with Crippen LogP contribution in [0.1, 0.15) is 66.7 Å². The van der Waals surface area contributed by atoms with E-state index in [1.807, 2.05) is 30.3 Å². The van der Waals surface area contributed by atoms with Crippen LogP contribution in [-0.4, -0.2) is 32.4 Å². The van der Waals surface area contributed by atoms with Gasteiger partial charge in [0, 0.05) is 35.1 Å². The molecule has 4 rings (SSSR count). The number of carbonyl (C=O) groups excluding carboxylic acids is 2. The highest BCUT2D eigenvalue weighted by Crippen LogP contribution is 2.31. The lowest BCUT2D eigenvalue weighted by Crippen LogP contribution is -2.47. The van der Waals surface area contributed by atoms with Gasteiger partial charge in [-0.05, 0) is 54.6 Å². The average Bonchev–Trinajstić information content (AvgIpc) is 3.38. The standard InChI is InChI=1S/C24H27N5O2S/c1-2-17-8-6-12-20(14-17)29(24(31)21-16-32-28-27-21)22(18-9-7-13-25-15-18)23(30)26-19-10-4-3-5-11-19/h6-9,12-16,19,22H,2-5,10-11H2,1H3,(H,26,30)/t22-/m0/s1. The topological polar surface area (TPSA) is 88.1 Å². The number of carbonyl (C=O) groups is 2. The van der Waals surface area contributed by atoms with Crippen molar-refractivity contribution in [1.29, 1.82) is 0 Å². The minimum atomic E-state index is -0.869. The Morgan fingerprint density at radius 1 is 1.19 bits per heavy atom. The molecule has 0 aliphatic heterocycles. The average molecular weight is 450 g/mol. The van der Waals surface area contributed by atoms with Crippen molar-refractivity contribution in [3.05, 3.63) is 71.0 Å². The summed E-state index contributed by atoms with van der Waals surface area (Å²) in [5, 5.41) is 8.80. The maximum atomic E-state index is 13.7. The number of rotatable bonds is 7. The molecule has 1 atom stereocenters. The van der Waals surface area contributed by atoms with Crippen molar-refractivity contribution in [2.75, 3.05) is 4.90 Å². The molecule has 2 heterocycles. The lowest BCUT2D eigenvalue weighted by atomic mass is 9.94. The first kappa shape index (κ1) is 22.1. The highest BCUT2D eigenvalue weighted by molar-refractivity contribution is 7.03. The van der Waals surface area contributed by atoms with Gasteiger partial charge in [-0.15, -0.1) is 5.10 Å². The number of benzene rings is 1. The first-order valence-corrected chi connectivity index (χ1v) is 11.9. The second kappa shape index (κ2) is 10.5.